The molecule has 0 fully saturated rings. The fourth-order valence-electron chi connectivity index (χ4n) is 1.32. The molecule has 1 aliphatic heterocycles. The van der Waals surface area contributed by atoms with Gasteiger partial charge < -0.3 is 5.32 Å². The van der Waals surface area contributed by atoms with Gasteiger partial charge in [-0.05, 0) is 18.1 Å². The van der Waals surface area contributed by atoms with Gasteiger partial charge in [0.25, 0.3) is 0 Å². The number of benzene rings is 1. The summed E-state index contributed by atoms with van der Waals surface area (Å²) in [6.45, 7) is 12.0. The van der Waals surface area contributed by atoms with Crippen molar-refractivity contribution in [2.24, 2.45) is 0 Å². The standard InChI is InChI=1S/C9H9NO.3C2H6/c11-9-6-5-7-3-1-2-4-8(7)10-9;3*1-2/h1-4H,5-6H2,(H,10,11);3*1-2H3. The number of carbonyl (C=O) groups excluding carboxylic acids is 1. The smallest absolute Gasteiger partial charge is 0.224 e. The molecule has 0 spiro atoms. The number of nitrogens with one attached hydrogen (secondary N) is 1. The van der Waals surface area contributed by atoms with Crippen molar-refractivity contribution in [2.45, 2.75) is 54.4 Å². The van der Waals surface area contributed by atoms with Crippen molar-refractivity contribution in [1.82, 2.24) is 0 Å². The van der Waals surface area contributed by atoms with E-state index in [2.05, 4.69) is 11.4 Å². The summed E-state index contributed by atoms with van der Waals surface area (Å²) in [5, 5.41) is 2.82. The molecule has 0 saturated carbocycles. The maximum absolute atomic E-state index is 10.9. The maximum atomic E-state index is 10.9. The van der Waals surface area contributed by atoms with E-state index in [1.807, 2.05) is 59.7 Å². The van der Waals surface area contributed by atoms with Gasteiger partial charge >= 0.3 is 0 Å². The lowest BCUT2D eigenvalue weighted by Crippen LogP contribution is -2.18. The minimum absolute atomic E-state index is 0.128. The van der Waals surface area contributed by atoms with Gasteiger partial charge in [0.15, 0.2) is 0 Å². The number of hydrogen-bond acceptors (Lipinski definition) is 1. The highest BCUT2D eigenvalue weighted by atomic mass is 16.1. The minimum atomic E-state index is 0.128. The van der Waals surface area contributed by atoms with E-state index >= 15 is 0 Å². The largest absolute Gasteiger partial charge is 0.326 e. The Balaban J connectivity index is 0. The summed E-state index contributed by atoms with van der Waals surface area (Å²) >= 11 is 0. The maximum Gasteiger partial charge on any atom is 0.224 e. The Morgan fingerprint density at radius 1 is 0.882 bits per heavy atom. The predicted octanol–water partition coefficient (Wildman–Crippen LogP) is 4.65. The van der Waals surface area contributed by atoms with Crippen LogP contribution in [0.25, 0.3) is 0 Å². The summed E-state index contributed by atoms with van der Waals surface area (Å²) in [6.07, 6.45) is 1.50. The summed E-state index contributed by atoms with van der Waals surface area (Å²) in [7, 11) is 0. The number of para-hydroxylation sites is 1. The van der Waals surface area contributed by atoms with Crippen molar-refractivity contribution in [1.29, 1.82) is 0 Å². The molecule has 1 aliphatic rings. The minimum Gasteiger partial charge on any atom is -0.326 e. The predicted molar refractivity (Wildman–Crippen MR) is 77.4 cm³/mol. The lowest BCUT2D eigenvalue weighted by atomic mass is 10.0. The molecule has 0 aromatic heterocycles. The van der Waals surface area contributed by atoms with Crippen molar-refractivity contribution in [2.75, 3.05) is 5.32 Å². The molecule has 0 unspecified atom stereocenters. The average molecular weight is 237 g/mol. The molecule has 2 nitrogen and oxygen atoms in total. The first-order valence-electron chi connectivity index (χ1n) is 6.74. The molecule has 98 valence electrons. The molecule has 1 amide bonds. The molecule has 1 heterocycles. The summed E-state index contributed by atoms with van der Waals surface area (Å²) in [6, 6.07) is 7.92. The third kappa shape index (κ3) is 6.77. The molecular formula is C15H27NO. The second-order valence-electron chi connectivity index (χ2n) is 2.71. The Bertz CT molecular complexity index is 295. The van der Waals surface area contributed by atoms with Crippen molar-refractivity contribution < 1.29 is 4.79 Å². The van der Waals surface area contributed by atoms with Crippen molar-refractivity contribution >= 4 is 11.6 Å². The number of carbonyl (C=O) groups is 1. The van der Waals surface area contributed by atoms with Gasteiger partial charge in [-0.3, -0.25) is 4.79 Å². The van der Waals surface area contributed by atoms with Crippen molar-refractivity contribution in [3.63, 3.8) is 0 Å². The van der Waals surface area contributed by atoms with Crippen molar-refractivity contribution in [3.8, 4) is 0 Å². The first-order chi connectivity index (χ1) is 8.36. The van der Waals surface area contributed by atoms with Gasteiger partial charge in [-0.1, -0.05) is 59.7 Å². The molecule has 1 aromatic carbocycles. The lowest BCUT2D eigenvalue weighted by Gasteiger charge is -2.15. The van der Waals surface area contributed by atoms with Crippen LogP contribution in [0.15, 0.2) is 24.3 Å². The third-order valence-corrected chi connectivity index (χ3v) is 1.91. The van der Waals surface area contributed by atoms with Crippen molar-refractivity contribution in [3.05, 3.63) is 29.8 Å². The number of amides is 1. The quantitative estimate of drug-likeness (QED) is 0.699. The van der Waals surface area contributed by atoms with Crippen LogP contribution in [-0.4, -0.2) is 5.91 Å². The van der Waals surface area contributed by atoms with E-state index in [0.29, 0.717) is 6.42 Å². The number of fused-ring (bicyclic) bond motifs is 1. The first-order valence-corrected chi connectivity index (χ1v) is 6.74. The van der Waals surface area contributed by atoms with Crippen LogP contribution in [0.2, 0.25) is 0 Å². The Morgan fingerprint density at radius 2 is 1.41 bits per heavy atom. The summed E-state index contributed by atoms with van der Waals surface area (Å²) in [4.78, 5) is 10.9. The van der Waals surface area contributed by atoms with E-state index in [4.69, 9.17) is 0 Å². The fraction of sp³-hybridized carbons (Fsp3) is 0.533. The summed E-state index contributed by atoms with van der Waals surface area (Å²) in [5.74, 6) is 0.128. The lowest BCUT2D eigenvalue weighted by molar-refractivity contribution is -0.116. The molecule has 17 heavy (non-hydrogen) atoms. The van der Waals surface area contributed by atoms with E-state index in [9.17, 15) is 4.79 Å². The number of rotatable bonds is 0. The Morgan fingerprint density at radius 3 is 2.00 bits per heavy atom. The molecule has 0 aliphatic carbocycles. The topological polar surface area (TPSA) is 29.1 Å². The zero-order chi connectivity index (χ0) is 13.7. The summed E-state index contributed by atoms with van der Waals surface area (Å²) < 4.78 is 0. The van der Waals surface area contributed by atoms with Crippen LogP contribution in [-0.2, 0) is 11.2 Å². The van der Waals surface area contributed by atoms with Gasteiger partial charge in [0.05, 0.1) is 0 Å². The van der Waals surface area contributed by atoms with Crippen LogP contribution in [0.5, 0.6) is 0 Å². The highest BCUT2D eigenvalue weighted by Gasteiger charge is 2.12. The van der Waals surface area contributed by atoms with Crippen LogP contribution in [0.4, 0.5) is 5.69 Å². The molecule has 0 bridgehead atoms. The zero-order valence-corrected chi connectivity index (χ0v) is 12.1. The SMILES string of the molecule is CC.CC.CC.O=C1CCc2ccccc2N1. The number of aryl methyl sites for hydroxylation is 1. The Hall–Kier alpha value is -1.31. The van der Waals surface area contributed by atoms with Gasteiger partial charge in [-0.15, -0.1) is 0 Å². The van der Waals surface area contributed by atoms with Gasteiger partial charge in [-0.2, -0.15) is 0 Å². The van der Waals surface area contributed by atoms with Crippen LogP contribution < -0.4 is 5.32 Å². The molecule has 2 rings (SSSR count). The average Bonchev–Trinajstić information content (AvgIpc) is 2.45. The fourth-order valence-corrected chi connectivity index (χ4v) is 1.32. The number of anilines is 1. The van der Waals surface area contributed by atoms with Gasteiger partial charge in [0, 0.05) is 12.1 Å². The van der Waals surface area contributed by atoms with E-state index in [-0.39, 0.29) is 5.91 Å². The molecular weight excluding hydrogens is 210 g/mol. The second kappa shape index (κ2) is 12.8. The van der Waals surface area contributed by atoms with E-state index in [1.54, 1.807) is 0 Å². The third-order valence-electron chi connectivity index (χ3n) is 1.91. The van der Waals surface area contributed by atoms with Gasteiger partial charge in [0.1, 0.15) is 0 Å². The Kier molecular flexibility index (Phi) is 13.6. The summed E-state index contributed by atoms with van der Waals surface area (Å²) in [5.41, 5.74) is 2.22. The highest BCUT2D eigenvalue weighted by molar-refractivity contribution is 5.93. The van der Waals surface area contributed by atoms with Crippen LogP contribution in [0.1, 0.15) is 53.5 Å². The van der Waals surface area contributed by atoms with Crippen LogP contribution in [0.3, 0.4) is 0 Å². The second-order valence-corrected chi connectivity index (χ2v) is 2.71. The van der Waals surface area contributed by atoms with Crippen LogP contribution in [0, 0.1) is 0 Å². The molecule has 1 N–H and O–H groups in total. The van der Waals surface area contributed by atoms with Crippen LogP contribution >= 0.6 is 0 Å². The monoisotopic (exact) mass is 237 g/mol. The first kappa shape index (κ1) is 18.1. The molecule has 0 radical (unpaired) electrons. The molecule has 0 saturated heterocycles. The Labute approximate surface area is 106 Å². The highest BCUT2D eigenvalue weighted by Crippen LogP contribution is 2.20. The van der Waals surface area contributed by atoms with E-state index in [0.717, 1.165) is 12.1 Å². The van der Waals surface area contributed by atoms with Gasteiger partial charge in [-0.25, -0.2) is 0 Å². The molecule has 1 aromatic rings. The molecule has 2 heteroatoms. The van der Waals surface area contributed by atoms with E-state index < -0.39 is 0 Å². The molecule has 0 atom stereocenters. The van der Waals surface area contributed by atoms with Gasteiger partial charge in [0.2, 0.25) is 5.91 Å². The van der Waals surface area contributed by atoms with E-state index in [1.165, 1.54) is 5.56 Å². The number of hydrogen-bond donors (Lipinski definition) is 1. The zero-order valence-electron chi connectivity index (χ0n) is 12.1. The normalized spacial score (nSPS) is 11.1.